The Bertz CT molecular complexity index is 639. The van der Waals surface area contributed by atoms with Crippen LogP contribution in [-0.2, 0) is 6.54 Å². The second kappa shape index (κ2) is 6.71. The van der Waals surface area contributed by atoms with Crippen LogP contribution >= 0.6 is 0 Å². The summed E-state index contributed by atoms with van der Waals surface area (Å²) in [5.41, 5.74) is 11.5. The lowest BCUT2D eigenvalue weighted by Gasteiger charge is -2.06. The van der Waals surface area contributed by atoms with E-state index in [0.717, 1.165) is 11.1 Å². The predicted molar refractivity (Wildman–Crippen MR) is 86.7 cm³/mol. The number of hydrogen-bond donors (Lipinski definition) is 1. The smallest absolute Gasteiger partial charge is 0.0642 e. The molecule has 2 heteroatoms. The van der Waals surface area contributed by atoms with Crippen LogP contribution in [-0.4, -0.2) is 6.21 Å². The largest absolute Gasteiger partial charge is 0.404 e. The summed E-state index contributed by atoms with van der Waals surface area (Å²) in [5, 5.41) is 0. The van der Waals surface area contributed by atoms with Crippen LogP contribution in [0.2, 0.25) is 0 Å². The van der Waals surface area contributed by atoms with Gasteiger partial charge in [-0.3, -0.25) is 4.99 Å². The highest BCUT2D eigenvalue weighted by molar-refractivity contribution is 6.10. The first-order valence-corrected chi connectivity index (χ1v) is 6.74. The highest BCUT2D eigenvalue weighted by Crippen LogP contribution is 2.16. The summed E-state index contributed by atoms with van der Waals surface area (Å²) in [7, 11) is 0. The maximum atomic E-state index is 5.73. The van der Waals surface area contributed by atoms with Crippen molar-refractivity contribution in [2.75, 3.05) is 0 Å². The van der Waals surface area contributed by atoms with E-state index in [0.29, 0.717) is 6.54 Å². The molecule has 0 amide bonds. The van der Waals surface area contributed by atoms with E-state index in [-0.39, 0.29) is 0 Å². The summed E-state index contributed by atoms with van der Waals surface area (Å²) < 4.78 is 0. The van der Waals surface area contributed by atoms with Gasteiger partial charge in [0.25, 0.3) is 0 Å². The summed E-state index contributed by atoms with van der Waals surface area (Å²) in [4.78, 5) is 4.52. The minimum atomic E-state index is 0.676. The van der Waals surface area contributed by atoms with Gasteiger partial charge in [0.15, 0.2) is 0 Å². The number of nitrogens with two attached hydrogens (primary N) is 1. The molecule has 2 aromatic rings. The van der Waals surface area contributed by atoms with E-state index in [1.54, 1.807) is 6.20 Å². The number of hydrogen-bond acceptors (Lipinski definition) is 2. The van der Waals surface area contributed by atoms with Crippen LogP contribution in [0.5, 0.6) is 0 Å². The third-order valence-corrected chi connectivity index (χ3v) is 3.39. The number of rotatable bonds is 4. The molecule has 2 aromatic carbocycles. The van der Waals surface area contributed by atoms with Crippen LogP contribution in [0.3, 0.4) is 0 Å². The normalized spacial score (nSPS) is 12.0. The Morgan fingerprint density at radius 3 is 2.30 bits per heavy atom. The average Bonchev–Trinajstić information content (AvgIpc) is 2.46. The summed E-state index contributed by atoms with van der Waals surface area (Å²) in [6.07, 6.45) is 3.47. The van der Waals surface area contributed by atoms with E-state index < -0.39 is 0 Å². The zero-order valence-electron chi connectivity index (χ0n) is 12.0. The van der Waals surface area contributed by atoms with E-state index in [2.05, 4.69) is 43.1 Å². The number of benzene rings is 2. The molecule has 0 bridgehead atoms. The molecule has 0 saturated heterocycles. The first kappa shape index (κ1) is 14.1. The topological polar surface area (TPSA) is 38.4 Å². The summed E-state index contributed by atoms with van der Waals surface area (Å²) in [5.74, 6) is 0. The van der Waals surface area contributed by atoms with Gasteiger partial charge in [-0.15, -0.1) is 0 Å². The molecule has 20 heavy (non-hydrogen) atoms. The van der Waals surface area contributed by atoms with Crippen molar-refractivity contribution >= 4 is 11.8 Å². The Kier molecular flexibility index (Phi) is 4.72. The van der Waals surface area contributed by atoms with Crippen molar-refractivity contribution in [3.05, 3.63) is 77.0 Å². The van der Waals surface area contributed by atoms with Gasteiger partial charge in [-0.25, -0.2) is 0 Å². The Morgan fingerprint density at radius 1 is 1.00 bits per heavy atom. The lowest BCUT2D eigenvalue weighted by molar-refractivity contribution is 1.06. The van der Waals surface area contributed by atoms with E-state index in [1.165, 1.54) is 16.7 Å². The number of allylic oxidation sites excluding steroid dienone is 1. The minimum absolute atomic E-state index is 0.676. The van der Waals surface area contributed by atoms with Crippen LogP contribution in [0, 0.1) is 13.8 Å². The monoisotopic (exact) mass is 264 g/mol. The van der Waals surface area contributed by atoms with Crippen molar-refractivity contribution in [1.29, 1.82) is 0 Å². The van der Waals surface area contributed by atoms with Crippen molar-refractivity contribution in [3.63, 3.8) is 0 Å². The van der Waals surface area contributed by atoms with Gasteiger partial charge in [0, 0.05) is 18.0 Å². The SMILES string of the molecule is Cc1ccccc1CN=C/C(=C\N)c1ccccc1C. The molecule has 0 aromatic heterocycles. The van der Waals surface area contributed by atoms with Crippen LogP contribution in [0.15, 0.2) is 59.7 Å². The van der Waals surface area contributed by atoms with E-state index >= 15 is 0 Å². The molecular weight excluding hydrogens is 244 g/mol. The van der Waals surface area contributed by atoms with Gasteiger partial charge in [-0.1, -0.05) is 48.5 Å². The third kappa shape index (κ3) is 3.35. The maximum Gasteiger partial charge on any atom is 0.0642 e. The molecule has 2 nitrogen and oxygen atoms in total. The molecule has 0 unspecified atom stereocenters. The van der Waals surface area contributed by atoms with Gasteiger partial charge in [-0.05, 0) is 36.1 Å². The van der Waals surface area contributed by atoms with Crippen molar-refractivity contribution < 1.29 is 0 Å². The van der Waals surface area contributed by atoms with Gasteiger partial charge in [0.05, 0.1) is 6.54 Å². The fraction of sp³-hybridized carbons (Fsp3) is 0.167. The molecule has 0 radical (unpaired) electrons. The molecule has 0 saturated carbocycles. The first-order valence-electron chi connectivity index (χ1n) is 6.74. The lowest BCUT2D eigenvalue weighted by Crippen LogP contribution is -1.95. The quantitative estimate of drug-likeness (QED) is 0.836. The zero-order valence-corrected chi connectivity index (χ0v) is 12.0. The van der Waals surface area contributed by atoms with E-state index in [4.69, 9.17) is 5.73 Å². The fourth-order valence-corrected chi connectivity index (χ4v) is 2.13. The number of nitrogens with zero attached hydrogens (tertiary/aromatic N) is 1. The number of aryl methyl sites for hydroxylation is 2. The maximum absolute atomic E-state index is 5.73. The van der Waals surface area contributed by atoms with E-state index in [1.807, 2.05) is 30.5 Å². The molecular formula is C18H20N2. The fourth-order valence-electron chi connectivity index (χ4n) is 2.13. The molecule has 2 N–H and O–H groups in total. The molecule has 102 valence electrons. The van der Waals surface area contributed by atoms with Crippen molar-refractivity contribution in [1.82, 2.24) is 0 Å². The van der Waals surface area contributed by atoms with Crippen LogP contribution in [0.25, 0.3) is 5.57 Å². The minimum Gasteiger partial charge on any atom is -0.404 e. The zero-order chi connectivity index (χ0) is 14.4. The number of aliphatic imine (C=N–C) groups is 1. The molecule has 0 aliphatic carbocycles. The van der Waals surface area contributed by atoms with Crippen molar-refractivity contribution in [3.8, 4) is 0 Å². The second-order valence-electron chi connectivity index (χ2n) is 4.83. The average molecular weight is 264 g/mol. The Hall–Kier alpha value is -2.35. The standard InChI is InChI=1S/C18H20N2/c1-14-7-3-5-9-16(14)12-20-13-17(11-19)18-10-6-4-8-15(18)2/h3-11,13H,12,19H2,1-2H3/b17-11+,20-13?. The Labute approximate surface area is 120 Å². The molecule has 0 aliphatic rings. The van der Waals surface area contributed by atoms with Gasteiger partial charge >= 0.3 is 0 Å². The summed E-state index contributed by atoms with van der Waals surface area (Å²) >= 11 is 0. The third-order valence-electron chi connectivity index (χ3n) is 3.39. The second-order valence-corrected chi connectivity index (χ2v) is 4.83. The van der Waals surface area contributed by atoms with Crippen LogP contribution < -0.4 is 5.73 Å². The highest BCUT2D eigenvalue weighted by Gasteiger charge is 2.01. The van der Waals surface area contributed by atoms with Gasteiger partial charge in [0.1, 0.15) is 0 Å². The Balaban J connectivity index is 2.14. The van der Waals surface area contributed by atoms with Crippen molar-refractivity contribution in [2.45, 2.75) is 20.4 Å². The van der Waals surface area contributed by atoms with Gasteiger partial charge in [-0.2, -0.15) is 0 Å². The molecule has 0 fully saturated rings. The Morgan fingerprint density at radius 2 is 1.65 bits per heavy atom. The van der Waals surface area contributed by atoms with Gasteiger partial charge < -0.3 is 5.73 Å². The molecule has 0 atom stereocenters. The molecule has 2 rings (SSSR count). The molecule has 0 heterocycles. The summed E-state index contributed by atoms with van der Waals surface area (Å²) in [6, 6.07) is 16.5. The molecule has 0 aliphatic heterocycles. The first-order chi connectivity index (χ1) is 9.72. The predicted octanol–water partition coefficient (Wildman–Crippen LogP) is 3.87. The van der Waals surface area contributed by atoms with Crippen LogP contribution in [0.4, 0.5) is 0 Å². The summed E-state index contributed by atoms with van der Waals surface area (Å²) in [6.45, 7) is 4.86. The van der Waals surface area contributed by atoms with E-state index in [9.17, 15) is 0 Å². The molecule has 0 spiro atoms. The van der Waals surface area contributed by atoms with Gasteiger partial charge in [0.2, 0.25) is 0 Å². The van der Waals surface area contributed by atoms with Crippen molar-refractivity contribution in [2.24, 2.45) is 10.7 Å². The lowest BCUT2D eigenvalue weighted by atomic mass is 10.0. The van der Waals surface area contributed by atoms with Crippen LogP contribution in [0.1, 0.15) is 22.3 Å². The highest BCUT2D eigenvalue weighted by atomic mass is 14.7.